The van der Waals surface area contributed by atoms with Crippen LogP contribution in [0.25, 0.3) is 0 Å². The summed E-state index contributed by atoms with van der Waals surface area (Å²) in [5.41, 5.74) is 0. The van der Waals surface area contributed by atoms with E-state index in [4.69, 9.17) is 37.8 Å². The van der Waals surface area contributed by atoms with Crippen LogP contribution in [0.2, 0.25) is 0 Å². The molecule has 1 saturated heterocycles. The van der Waals surface area contributed by atoms with Gasteiger partial charge in [-0.15, -0.1) is 23.2 Å². The van der Waals surface area contributed by atoms with E-state index in [1.54, 1.807) is 0 Å². The summed E-state index contributed by atoms with van der Waals surface area (Å²) in [4.78, 5) is 2.41. The fraction of sp³-hybridized carbons (Fsp3) is 1.00. The second-order valence-corrected chi connectivity index (χ2v) is 12.9. The van der Waals surface area contributed by atoms with Gasteiger partial charge in [-0.25, -0.2) is 13.1 Å². The molecule has 3 aliphatic rings. The lowest BCUT2D eigenvalue weighted by Crippen LogP contribution is -2.53. The Bertz CT molecular complexity index is 663. The highest BCUT2D eigenvalue weighted by Gasteiger charge is 2.47. The maximum Gasteiger partial charge on any atom is 0.214 e. The number of halogens is 2. The minimum atomic E-state index is -3.34. The van der Waals surface area contributed by atoms with E-state index >= 15 is 0 Å². The molecule has 0 aromatic rings. The second-order valence-electron chi connectivity index (χ2n) is 9.72. The molecule has 5 atom stereocenters. The molecule has 2 saturated carbocycles. The topological polar surface area (TPSA) is 88.1 Å². The van der Waals surface area contributed by atoms with Crippen molar-refractivity contribution >= 4 is 33.2 Å². The lowest BCUT2D eigenvalue weighted by molar-refractivity contribution is 0.0108. The normalized spacial score (nSPS) is 36.7. The van der Waals surface area contributed by atoms with E-state index in [0.717, 1.165) is 38.8 Å². The molecular formula is C22H40Cl2N2O5S. The van der Waals surface area contributed by atoms with Gasteiger partial charge in [0.05, 0.1) is 38.3 Å². The van der Waals surface area contributed by atoms with Crippen LogP contribution in [0.4, 0.5) is 0 Å². The summed E-state index contributed by atoms with van der Waals surface area (Å²) in [6.45, 7) is 3.75. The Labute approximate surface area is 203 Å². The van der Waals surface area contributed by atoms with Gasteiger partial charge in [-0.1, -0.05) is 0 Å². The Kier molecular flexibility index (Phi) is 10.8. The van der Waals surface area contributed by atoms with Gasteiger partial charge in [0.2, 0.25) is 10.0 Å². The van der Waals surface area contributed by atoms with Gasteiger partial charge >= 0.3 is 0 Å². The van der Waals surface area contributed by atoms with Crippen LogP contribution in [0.15, 0.2) is 0 Å². The second kappa shape index (κ2) is 12.9. The average molecular weight is 516 g/mol. The standard InChI is InChI=1S/C22H40Cl2N2O5S/c1-26-14-20(19-12-17(23)13-22(24)21(19)15-26)16-2-4-18(5-3-16)32(28,29)25-6-8-30-10-11-31-9-7-27/h16-22,25,27H,2-15H2,1H3. The predicted molar refractivity (Wildman–Crippen MR) is 128 cm³/mol. The predicted octanol–water partition coefficient (Wildman–Crippen LogP) is 2.29. The molecule has 2 N–H and O–H groups in total. The van der Waals surface area contributed by atoms with Gasteiger partial charge in [0, 0.05) is 30.4 Å². The number of sulfonamides is 1. The van der Waals surface area contributed by atoms with Crippen LogP contribution in [-0.2, 0) is 19.5 Å². The number of nitrogens with one attached hydrogen (secondary N) is 1. The number of ether oxygens (including phenoxy) is 2. The molecule has 1 heterocycles. The number of aliphatic hydroxyl groups is 1. The zero-order chi connectivity index (χ0) is 23.1. The summed E-state index contributed by atoms with van der Waals surface area (Å²) in [7, 11) is -1.16. The van der Waals surface area contributed by atoms with Gasteiger partial charge in [-0.05, 0) is 69.2 Å². The van der Waals surface area contributed by atoms with Crippen molar-refractivity contribution in [2.45, 2.75) is 54.5 Å². The van der Waals surface area contributed by atoms with Crippen molar-refractivity contribution < 1.29 is 23.0 Å². The number of nitrogens with zero attached hydrogens (tertiary/aromatic N) is 1. The van der Waals surface area contributed by atoms with Crippen molar-refractivity contribution in [1.29, 1.82) is 0 Å². The first-order valence-corrected chi connectivity index (χ1v) is 14.4. The summed E-state index contributed by atoms with van der Waals surface area (Å²) in [5.74, 6) is 2.15. The Hall–Kier alpha value is 0.330. The Balaban J connectivity index is 1.43. The molecule has 10 heteroatoms. The fourth-order valence-electron chi connectivity index (χ4n) is 6.01. The van der Waals surface area contributed by atoms with Crippen LogP contribution in [0, 0.1) is 23.7 Å². The van der Waals surface area contributed by atoms with Crippen LogP contribution in [0.1, 0.15) is 38.5 Å². The van der Waals surface area contributed by atoms with Gasteiger partial charge in [0.25, 0.3) is 0 Å². The number of aliphatic hydroxyl groups excluding tert-OH is 1. The summed E-state index contributed by atoms with van der Waals surface area (Å²) in [5, 5.41) is 8.62. The van der Waals surface area contributed by atoms with E-state index in [1.807, 2.05) is 0 Å². The molecule has 188 valence electrons. The fourth-order valence-corrected chi connectivity index (χ4v) is 8.48. The highest BCUT2D eigenvalue weighted by molar-refractivity contribution is 7.90. The van der Waals surface area contributed by atoms with Crippen molar-refractivity contribution in [1.82, 2.24) is 9.62 Å². The molecule has 32 heavy (non-hydrogen) atoms. The Morgan fingerprint density at radius 3 is 2.28 bits per heavy atom. The number of piperidine rings is 1. The molecule has 3 fully saturated rings. The van der Waals surface area contributed by atoms with Crippen molar-refractivity contribution in [2.24, 2.45) is 23.7 Å². The lowest BCUT2D eigenvalue weighted by atomic mass is 9.63. The van der Waals surface area contributed by atoms with E-state index in [0.29, 0.717) is 56.3 Å². The monoisotopic (exact) mass is 514 g/mol. The molecule has 0 aromatic carbocycles. The maximum absolute atomic E-state index is 12.7. The quantitative estimate of drug-likeness (QED) is 0.324. The molecule has 0 radical (unpaired) electrons. The minimum absolute atomic E-state index is 0.0127. The molecule has 0 bridgehead atoms. The van der Waals surface area contributed by atoms with E-state index in [1.165, 1.54) is 0 Å². The number of fused-ring (bicyclic) bond motifs is 1. The minimum Gasteiger partial charge on any atom is -0.394 e. The smallest absolute Gasteiger partial charge is 0.214 e. The van der Waals surface area contributed by atoms with Gasteiger partial charge in [0.1, 0.15) is 0 Å². The molecule has 3 rings (SSSR count). The highest BCUT2D eigenvalue weighted by atomic mass is 35.5. The third-order valence-electron chi connectivity index (χ3n) is 7.54. The summed E-state index contributed by atoms with van der Waals surface area (Å²) in [6.07, 6.45) is 5.25. The molecule has 5 unspecified atom stereocenters. The number of rotatable bonds is 11. The largest absolute Gasteiger partial charge is 0.394 e. The number of likely N-dealkylation sites (tertiary alicyclic amines) is 1. The number of alkyl halides is 2. The van der Waals surface area contributed by atoms with Gasteiger partial charge in [0.15, 0.2) is 0 Å². The van der Waals surface area contributed by atoms with Gasteiger partial charge in [-0.2, -0.15) is 0 Å². The van der Waals surface area contributed by atoms with Crippen molar-refractivity contribution in [2.75, 3.05) is 59.7 Å². The number of hydrogen-bond acceptors (Lipinski definition) is 6. The van der Waals surface area contributed by atoms with Crippen LogP contribution in [0.5, 0.6) is 0 Å². The van der Waals surface area contributed by atoms with E-state index in [9.17, 15) is 8.42 Å². The lowest BCUT2D eigenvalue weighted by Gasteiger charge is -2.51. The van der Waals surface area contributed by atoms with Crippen LogP contribution < -0.4 is 4.72 Å². The summed E-state index contributed by atoms with van der Waals surface area (Å²) < 4.78 is 38.7. The zero-order valence-electron chi connectivity index (χ0n) is 19.1. The molecule has 2 aliphatic carbocycles. The van der Waals surface area contributed by atoms with Crippen molar-refractivity contribution in [3.05, 3.63) is 0 Å². The molecule has 0 amide bonds. The Morgan fingerprint density at radius 1 is 0.938 bits per heavy atom. The first kappa shape index (κ1) is 26.9. The summed E-state index contributed by atoms with van der Waals surface area (Å²) in [6, 6.07) is 0. The third-order valence-corrected chi connectivity index (χ3v) is 10.4. The molecule has 7 nitrogen and oxygen atoms in total. The molecule has 1 aliphatic heterocycles. The van der Waals surface area contributed by atoms with Crippen molar-refractivity contribution in [3.63, 3.8) is 0 Å². The Morgan fingerprint density at radius 2 is 1.59 bits per heavy atom. The third kappa shape index (κ3) is 7.41. The first-order valence-electron chi connectivity index (χ1n) is 12.0. The van der Waals surface area contributed by atoms with E-state index < -0.39 is 10.0 Å². The van der Waals surface area contributed by atoms with Gasteiger partial charge in [-0.3, -0.25) is 0 Å². The maximum atomic E-state index is 12.7. The molecule has 0 aromatic heterocycles. The summed E-state index contributed by atoms with van der Waals surface area (Å²) >= 11 is 13.3. The SMILES string of the molecule is CN1CC2C(Cl)CC(Cl)CC2C(C2CCC(S(=O)(=O)NCCOCCOCCO)CC2)C1. The molecular weight excluding hydrogens is 475 g/mol. The van der Waals surface area contributed by atoms with E-state index in [2.05, 4.69) is 16.7 Å². The first-order chi connectivity index (χ1) is 15.3. The van der Waals surface area contributed by atoms with E-state index in [-0.39, 0.29) is 35.8 Å². The average Bonchev–Trinajstić information content (AvgIpc) is 2.76. The van der Waals surface area contributed by atoms with Gasteiger partial charge < -0.3 is 19.5 Å². The van der Waals surface area contributed by atoms with Crippen LogP contribution in [-0.4, -0.2) is 94.1 Å². The zero-order valence-corrected chi connectivity index (χ0v) is 21.5. The molecule has 0 spiro atoms. The highest BCUT2D eigenvalue weighted by Crippen LogP contribution is 2.48. The number of hydrogen-bond donors (Lipinski definition) is 2. The van der Waals surface area contributed by atoms with Crippen LogP contribution >= 0.6 is 23.2 Å². The van der Waals surface area contributed by atoms with Crippen molar-refractivity contribution in [3.8, 4) is 0 Å². The van der Waals surface area contributed by atoms with Crippen LogP contribution in [0.3, 0.4) is 0 Å².